The Kier molecular flexibility index (Phi) is 4.92. The summed E-state index contributed by atoms with van der Waals surface area (Å²) in [5.74, 6) is 0. The molecule has 0 aliphatic heterocycles. The van der Waals surface area contributed by atoms with Gasteiger partial charge in [-0.05, 0) is 43.6 Å². The summed E-state index contributed by atoms with van der Waals surface area (Å²) in [6.07, 6.45) is 0. The zero-order valence-corrected chi connectivity index (χ0v) is 11.6. The predicted molar refractivity (Wildman–Crippen MR) is 70.5 cm³/mol. The van der Waals surface area contributed by atoms with E-state index in [1.54, 1.807) is 32.0 Å². The van der Waals surface area contributed by atoms with Crippen LogP contribution in [0.15, 0.2) is 28.4 Å². The Balaban J connectivity index is 2.78. The van der Waals surface area contributed by atoms with Crippen LogP contribution in [-0.4, -0.2) is 11.8 Å². The predicted octanol–water partition coefficient (Wildman–Crippen LogP) is 4.87. The third-order valence-electron chi connectivity index (χ3n) is 2.08. The lowest BCUT2D eigenvalue weighted by atomic mass is 9.96. The Bertz CT molecular complexity index is 458. The van der Waals surface area contributed by atoms with Crippen molar-refractivity contribution in [3.8, 4) is 0 Å². The second-order valence-corrected chi connectivity index (χ2v) is 5.34. The fourth-order valence-corrected chi connectivity index (χ4v) is 1.29. The summed E-state index contributed by atoms with van der Waals surface area (Å²) in [4.78, 5) is 11.0. The van der Waals surface area contributed by atoms with Gasteiger partial charge >= 0.3 is 0 Å². The summed E-state index contributed by atoms with van der Waals surface area (Å²) in [5.41, 5.74) is -0.271. The number of nitrogens with zero attached hydrogens (tertiary/aromatic N) is 2. The van der Waals surface area contributed by atoms with Crippen molar-refractivity contribution in [2.75, 3.05) is 6.54 Å². The molecule has 1 rings (SSSR count). The molecule has 0 heterocycles. The lowest BCUT2D eigenvalue weighted by molar-refractivity contribution is -0.118. The molecule has 0 aliphatic carbocycles. The van der Waals surface area contributed by atoms with Gasteiger partial charge in [0, 0.05) is 5.02 Å². The standard InChI is InChI=1S/C11H11Cl3N2O/c1-11(2,10(14)17)6-15-16-9-5-7(12)3-4-8(9)13/h3-5H,6H2,1-2H3. The Morgan fingerprint density at radius 1 is 1.35 bits per heavy atom. The van der Waals surface area contributed by atoms with Gasteiger partial charge in [0.25, 0.3) is 0 Å². The molecule has 0 amide bonds. The molecule has 6 heteroatoms. The first-order chi connectivity index (χ1) is 7.83. The van der Waals surface area contributed by atoms with E-state index < -0.39 is 10.7 Å². The van der Waals surface area contributed by atoms with E-state index in [4.69, 9.17) is 34.8 Å². The Morgan fingerprint density at radius 2 is 2.00 bits per heavy atom. The molecule has 0 aliphatic rings. The van der Waals surface area contributed by atoms with Crippen molar-refractivity contribution in [2.45, 2.75) is 13.8 Å². The Morgan fingerprint density at radius 3 is 2.59 bits per heavy atom. The van der Waals surface area contributed by atoms with Crippen molar-refractivity contribution >= 4 is 45.7 Å². The number of carbonyl (C=O) groups excluding carboxylic acids is 1. The maximum atomic E-state index is 11.0. The molecule has 92 valence electrons. The first kappa shape index (κ1) is 14.4. The van der Waals surface area contributed by atoms with Crippen molar-refractivity contribution in [3.05, 3.63) is 28.2 Å². The van der Waals surface area contributed by atoms with Crippen LogP contribution in [0.1, 0.15) is 13.8 Å². The molecule has 3 nitrogen and oxygen atoms in total. The molecule has 0 bridgehead atoms. The summed E-state index contributed by atoms with van der Waals surface area (Å²) in [6.45, 7) is 3.58. The van der Waals surface area contributed by atoms with Crippen molar-refractivity contribution in [1.82, 2.24) is 0 Å². The van der Waals surface area contributed by atoms with Crippen molar-refractivity contribution in [3.63, 3.8) is 0 Å². The van der Waals surface area contributed by atoms with Crippen LogP contribution < -0.4 is 0 Å². The molecule has 0 N–H and O–H groups in total. The number of azo groups is 1. The Labute approximate surface area is 115 Å². The minimum absolute atomic E-state index is 0.193. The summed E-state index contributed by atoms with van der Waals surface area (Å²) in [6, 6.07) is 4.90. The molecule has 0 fully saturated rings. The summed E-state index contributed by atoms with van der Waals surface area (Å²) >= 11 is 17.1. The third kappa shape index (κ3) is 4.26. The summed E-state index contributed by atoms with van der Waals surface area (Å²) in [7, 11) is 0. The van der Waals surface area contributed by atoms with Gasteiger partial charge in [0.05, 0.1) is 17.0 Å². The molecule has 0 atom stereocenters. The van der Waals surface area contributed by atoms with E-state index >= 15 is 0 Å². The zero-order chi connectivity index (χ0) is 13.1. The molecule has 17 heavy (non-hydrogen) atoms. The van der Waals surface area contributed by atoms with E-state index in [1.165, 1.54) is 0 Å². The molecule has 0 spiro atoms. The highest BCUT2D eigenvalue weighted by Gasteiger charge is 2.25. The second kappa shape index (κ2) is 5.80. The van der Waals surface area contributed by atoms with Gasteiger partial charge in [-0.25, -0.2) is 0 Å². The van der Waals surface area contributed by atoms with E-state index in [2.05, 4.69) is 10.2 Å². The summed E-state index contributed by atoms with van der Waals surface area (Å²) < 4.78 is 0. The first-order valence-corrected chi connectivity index (χ1v) is 5.99. The molecule has 0 radical (unpaired) electrons. The van der Waals surface area contributed by atoms with E-state index in [-0.39, 0.29) is 6.54 Å². The van der Waals surface area contributed by atoms with Gasteiger partial charge in [0.15, 0.2) is 0 Å². The molecule has 0 saturated carbocycles. The largest absolute Gasteiger partial charge is 0.281 e. The first-order valence-electron chi connectivity index (χ1n) is 4.85. The maximum absolute atomic E-state index is 11.0. The minimum Gasteiger partial charge on any atom is -0.281 e. The zero-order valence-electron chi connectivity index (χ0n) is 9.38. The fourth-order valence-electron chi connectivity index (χ4n) is 0.913. The SMILES string of the molecule is CC(C)(CN=Nc1cc(Cl)ccc1Cl)C(=O)Cl. The van der Waals surface area contributed by atoms with Crippen molar-refractivity contribution in [2.24, 2.45) is 15.6 Å². The minimum atomic E-state index is -0.740. The van der Waals surface area contributed by atoms with Gasteiger partial charge in [0.2, 0.25) is 5.24 Å². The van der Waals surface area contributed by atoms with Gasteiger partial charge in [-0.3, -0.25) is 4.79 Å². The normalized spacial score (nSPS) is 12.1. The van der Waals surface area contributed by atoms with E-state index in [1.807, 2.05) is 0 Å². The van der Waals surface area contributed by atoms with Crippen LogP contribution in [0.2, 0.25) is 10.0 Å². The van der Waals surface area contributed by atoms with Crippen LogP contribution >= 0.6 is 34.8 Å². The smallest absolute Gasteiger partial charge is 0.229 e. The van der Waals surface area contributed by atoms with Gasteiger partial charge in [-0.1, -0.05) is 23.2 Å². The van der Waals surface area contributed by atoms with Crippen LogP contribution in [-0.2, 0) is 4.79 Å². The molecule has 0 aromatic heterocycles. The van der Waals surface area contributed by atoms with Crippen molar-refractivity contribution < 1.29 is 4.79 Å². The monoisotopic (exact) mass is 292 g/mol. The number of benzene rings is 1. The topological polar surface area (TPSA) is 41.8 Å². The molecule has 1 aromatic rings. The molecule has 0 saturated heterocycles. The molecular weight excluding hydrogens is 282 g/mol. The number of hydrogen-bond acceptors (Lipinski definition) is 3. The summed E-state index contributed by atoms with van der Waals surface area (Å²) in [5, 5.41) is 8.37. The lowest BCUT2D eigenvalue weighted by Crippen LogP contribution is -2.22. The van der Waals surface area contributed by atoms with Gasteiger partial charge < -0.3 is 0 Å². The van der Waals surface area contributed by atoms with Crippen LogP contribution in [0, 0.1) is 5.41 Å². The fraction of sp³-hybridized carbons (Fsp3) is 0.364. The number of rotatable bonds is 4. The van der Waals surface area contributed by atoms with E-state index in [0.717, 1.165) is 0 Å². The van der Waals surface area contributed by atoms with Gasteiger partial charge in [-0.15, -0.1) is 0 Å². The van der Waals surface area contributed by atoms with Crippen LogP contribution in [0.25, 0.3) is 0 Å². The highest BCUT2D eigenvalue weighted by Crippen LogP contribution is 2.29. The molecular formula is C11H11Cl3N2O. The van der Waals surface area contributed by atoms with Crippen LogP contribution in [0.5, 0.6) is 0 Å². The average molecular weight is 294 g/mol. The molecule has 1 aromatic carbocycles. The van der Waals surface area contributed by atoms with Crippen LogP contribution in [0.3, 0.4) is 0 Å². The molecule has 0 unspecified atom stereocenters. The van der Waals surface area contributed by atoms with Gasteiger partial charge in [-0.2, -0.15) is 10.2 Å². The number of carbonyl (C=O) groups is 1. The quantitative estimate of drug-likeness (QED) is 0.577. The Hall–Kier alpha value is -0.640. The van der Waals surface area contributed by atoms with Crippen molar-refractivity contribution in [1.29, 1.82) is 0 Å². The maximum Gasteiger partial charge on any atom is 0.229 e. The third-order valence-corrected chi connectivity index (χ3v) is 3.15. The van der Waals surface area contributed by atoms with Crippen LogP contribution in [0.4, 0.5) is 5.69 Å². The van der Waals surface area contributed by atoms with E-state index in [9.17, 15) is 4.79 Å². The lowest BCUT2D eigenvalue weighted by Gasteiger charge is -2.14. The number of halogens is 3. The number of hydrogen-bond donors (Lipinski definition) is 0. The van der Waals surface area contributed by atoms with Gasteiger partial charge in [0.1, 0.15) is 5.69 Å². The average Bonchev–Trinajstić information content (AvgIpc) is 2.22. The highest BCUT2D eigenvalue weighted by molar-refractivity contribution is 6.64. The second-order valence-electron chi connectivity index (χ2n) is 4.15. The highest BCUT2D eigenvalue weighted by atomic mass is 35.5. The van der Waals surface area contributed by atoms with E-state index in [0.29, 0.717) is 15.7 Å².